The van der Waals surface area contributed by atoms with E-state index in [1.54, 1.807) is 11.3 Å². The number of hydrogen-bond donors (Lipinski definition) is 0. The summed E-state index contributed by atoms with van der Waals surface area (Å²) in [6, 6.07) is 13.6. The van der Waals surface area contributed by atoms with E-state index in [9.17, 15) is 4.79 Å². The largest absolute Gasteiger partial charge is 0.467 e. The fourth-order valence-corrected chi connectivity index (χ4v) is 4.69. The van der Waals surface area contributed by atoms with Crippen molar-refractivity contribution in [2.45, 2.75) is 38.4 Å². The van der Waals surface area contributed by atoms with Gasteiger partial charge in [0.15, 0.2) is 5.16 Å². The average molecular weight is 447 g/mol. The predicted octanol–water partition coefficient (Wildman–Crippen LogP) is 4.11. The first-order valence-corrected chi connectivity index (χ1v) is 11.3. The second-order valence-corrected chi connectivity index (χ2v) is 8.77. The van der Waals surface area contributed by atoms with Crippen LogP contribution in [0.3, 0.4) is 0 Å². The van der Waals surface area contributed by atoms with Crippen LogP contribution in [0.2, 0.25) is 0 Å². The van der Waals surface area contributed by atoms with E-state index in [0.29, 0.717) is 17.4 Å². The summed E-state index contributed by atoms with van der Waals surface area (Å²) >= 11 is 1.33. The van der Waals surface area contributed by atoms with Crippen LogP contribution < -0.4 is 0 Å². The molecule has 1 amide bonds. The number of carbonyl (C=O) groups excluding carboxylic acids is 1. The summed E-state index contributed by atoms with van der Waals surface area (Å²) in [5, 5.41) is 15.2. The molecule has 0 spiro atoms. The van der Waals surface area contributed by atoms with Crippen molar-refractivity contribution >= 4 is 29.2 Å². The zero-order valence-corrected chi connectivity index (χ0v) is 18.8. The number of rotatable bonds is 5. The van der Waals surface area contributed by atoms with Gasteiger partial charge in [-0.1, -0.05) is 41.6 Å². The number of benzene rings is 1. The quantitative estimate of drug-likeness (QED) is 0.429. The molecular weight excluding hydrogens is 424 g/mol. The fraction of sp³-hybridized carbons (Fsp3) is 0.261. The Bertz CT molecular complexity index is 1310. The van der Waals surface area contributed by atoms with Gasteiger partial charge in [0.2, 0.25) is 0 Å². The van der Waals surface area contributed by atoms with Crippen molar-refractivity contribution in [3.8, 4) is 0 Å². The molecule has 1 aliphatic rings. The maximum absolute atomic E-state index is 13.2. The monoisotopic (exact) mass is 446 g/mol. The normalized spacial score (nSPS) is 16.0. The smallest absolute Gasteiger partial charge is 0.256 e. The zero-order valence-electron chi connectivity index (χ0n) is 18.0. The first-order valence-electron chi connectivity index (χ1n) is 10.3. The molecule has 4 heterocycles. The maximum atomic E-state index is 13.2. The minimum atomic E-state index is -0.268. The van der Waals surface area contributed by atoms with Crippen molar-refractivity contribution in [1.82, 2.24) is 24.6 Å². The Hall–Kier alpha value is -3.46. The summed E-state index contributed by atoms with van der Waals surface area (Å²) in [5.41, 5.74) is 4.91. The van der Waals surface area contributed by atoms with E-state index < -0.39 is 0 Å². The molecule has 9 heteroatoms. The second kappa shape index (κ2) is 8.23. The highest BCUT2D eigenvalue weighted by atomic mass is 32.2. The summed E-state index contributed by atoms with van der Waals surface area (Å²) in [7, 11) is 0. The van der Waals surface area contributed by atoms with Crippen LogP contribution in [-0.2, 0) is 4.79 Å². The molecule has 0 saturated carbocycles. The van der Waals surface area contributed by atoms with E-state index in [0.717, 1.165) is 28.4 Å². The lowest BCUT2D eigenvalue weighted by Crippen LogP contribution is -2.28. The number of fused-ring (bicyclic) bond motifs is 1. The van der Waals surface area contributed by atoms with Gasteiger partial charge in [-0.3, -0.25) is 9.20 Å². The lowest BCUT2D eigenvalue weighted by Gasteiger charge is -2.19. The van der Waals surface area contributed by atoms with E-state index in [2.05, 4.69) is 32.4 Å². The van der Waals surface area contributed by atoms with Crippen LogP contribution in [0.15, 0.2) is 63.4 Å². The molecule has 32 heavy (non-hydrogen) atoms. The molecule has 0 fully saturated rings. The molecule has 5 rings (SSSR count). The number of hydrazone groups is 1. The van der Waals surface area contributed by atoms with Crippen LogP contribution in [0.25, 0.3) is 5.78 Å². The lowest BCUT2D eigenvalue weighted by atomic mass is 10.0. The molecular formula is C23H22N6O2S. The Balaban J connectivity index is 1.39. The summed E-state index contributed by atoms with van der Waals surface area (Å²) in [6.07, 6.45) is 2.22. The van der Waals surface area contributed by atoms with E-state index in [1.165, 1.54) is 17.3 Å². The van der Waals surface area contributed by atoms with E-state index in [1.807, 2.05) is 55.5 Å². The average Bonchev–Trinajstić information content (AvgIpc) is 3.51. The molecule has 1 aromatic carbocycles. The number of nitrogens with zero attached hydrogens (tertiary/aromatic N) is 6. The van der Waals surface area contributed by atoms with Gasteiger partial charge in [-0.15, -0.1) is 10.2 Å². The molecule has 0 aliphatic carbocycles. The Morgan fingerprint density at radius 3 is 2.72 bits per heavy atom. The third kappa shape index (κ3) is 3.80. The standard InChI is InChI=1S/C23H22N6O2S/c1-14-6-8-17(9-7-14)18-12-19(20-5-4-10-31-20)29(27-18)21(30)13-32-23-26-25-22-24-15(2)11-16(3)28(22)23/h4-11,19H,12-13H2,1-3H3/t19-/m1/s1. The molecule has 1 aliphatic heterocycles. The Labute approximate surface area is 189 Å². The molecule has 3 aromatic heterocycles. The molecule has 8 nitrogen and oxygen atoms in total. The minimum Gasteiger partial charge on any atom is -0.467 e. The van der Waals surface area contributed by atoms with Gasteiger partial charge >= 0.3 is 0 Å². The van der Waals surface area contributed by atoms with Gasteiger partial charge in [-0.25, -0.2) is 9.99 Å². The van der Waals surface area contributed by atoms with Crippen molar-refractivity contribution in [2.24, 2.45) is 5.10 Å². The van der Waals surface area contributed by atoms with Crippen molar-refractivity contribution in [2.75, 3.05) is 5.75 Å². The van der Waals surface area contributed by atoms with Gasteiger partial charge in [-0.05, 0) is 44.5 Å². The number of furan rings is 1. The van der Waals surface area contributed by atoms with Crippen LogP contribution in [0.5, 0.6) is 0 Å². The molecule has 0 bridgehead atoms. The van der Waals surface area contributed by atoms with Crippen LogP contribution >= 0.6 is 11.8 Å². The van der Waals surface area contributed by atoms with Gasteiger partial charge in [0.25, 0.3) is 11.7 Å². The van der Waals surface area contributed by atoms with Gasteiger partial charge < -0.3 is 4.42 Å². The highest BCUT2D eigenvalue weighted by molar-refractivity contribution is 7.99. The first kappa shape index (κ1) is 20.4. The SMILES string of the molecule is Cc1ccc(C2=NN(C(=O)CSc3nnc4nc(C)cc(C)n34)[C@@H](c3ccco3)C2)cc1. The van der Waals surface area contributed by atoms with Gasteiger partial charge in [0.1, 0.15) is 11.8 Å². The highest BCUT2D eigenvalue weighted by Crippen LogP contribution is 2.34. The van der Waals surface area contributed by atoms with Crippen LogP contribution in [-0.4, -0.2) is 42.0 Å². The summed E-state index contributed by atoms with van der Waals surface area (Å²) < 4.78 is 7.49. The maximum Gasteiger partial charge on any atom is 0.256 e. The topological polar surface area (TPSA) is 88.9 Å². The van der Waals surface area contributed by atoms with Crippen molar-refractivity contribution < 1.29 is 9.21 Å². The zero-order chi connectivity index (χ0) is 22.2. The molecule has 0 unspecified atom stereocenters. The third-order valence-electron chi connectivity index (χ3n) is 5.41. The van der Waals surface area contributed by atoms with Crippen molar-refractivity contribution in [3.05, 3.63) is 77.0 Å². The molecule has 0 N–H and O–H groups in total. The van der Waals surface area contributed by atoms with E-state index in [-0.39, 0.29) is 17.7 Å². The number of aryl methyl sites for hydroxylation is 3. The van der Waals surface area contributed by atoms with Gasteiger partial charge in [0.05, 0.1) is 17.7 Å². The van der Waals surface area contributed by atoms with Crippen molar-refractivity contribution in [1.29, 1.82) is 0 Å². The van der Waals surface area contributed by atoms with Crippen molar-refractivity contribution in [3.63, 3.8) is 0 Å². The van der Waals surface area contributed by atoms with Crippen LogP contribution in [0.4, 0.5) is 0 Å². The van der Waals surface area contributed by atoms with E-state index >= 15 is 0 Å². The number of carbonyl (C=O) groups is 1. The van der Waals surface area contributed by atoms with E-state index in [4.69, 9.17) is 4.42 Å². The Morgan fingerprint density at radius 1 is 1.16 bits per heavy atom. The number of hydrogen-bond acceptors (Lipinski definition) is 7. The summed E-state index contributed by atoms with van der Waals surface area (Å²) in [6.45, 7) is 5.94. The summed E-state index contributed by atoms with van der Waals surface area (Å²) in [4.78, 5) is 17.6. The van der Waals surface area contributed by atoms with Gasteiger partial charge in [-0.2, -0.15) is 5.10 Å². The molecule has 1 atom stereocenters. The minimum absolute atomic E-state index is 0.118. The first-order chi connectivity index (χ1) is 15.5. The molecule has 0 saturated heterocycles. The molecule has 0 radical (unpaired) electrons. The number of aromatic nitrogens is 4. The lowest BCUT2D eigenvalue weighted by molar-refractivity contribution is -0.130. The number of amides is 1. The molecule has 4 aromatic rings. The predicted molar refractivity (Wildman–Crippen MR) is 122 cm³/mol. The van der Waals surface area contributed by atoms with Crippen LogP contribution in [0.1, 0.15) is 40.7 Å². The third-order valence-corrected chi connectivity index (χ3v) is 6.32. The second-order valence-electron chi connectivity index (χ2n) is 7.83. The fourth-order valence-electron chi connectivity index (χ4n) is 3.85. The highest BCUT2D eigenvalue weighted by Gasteiger charge is 2.35. The number of thioether (sulfide) groups is 1. The Morgan fingerprint density at radius 2 is 1.97 bits per heavy atom. The van der Waals surface area contributed by atoms with Gasteiger partial charge in [0, 0.05) is 17.8 Å². The summed E-state index contributed by atoms with van der Waals surface area (Å²) in [5.74, 6) is 1.31. The Kier molecular flexibility index (Phi) is 5.26. The van der Waals surface area contributed by atoms with Crippen LogP contribution in [0, 0.1) is 20.8 Å². The molecule has 162 valence electrons.